The molecule has 0 unspecified atom stereocenters. The maximum Gasteiger partial charge on any atom is 0.407 e. The number of fused-ring (bicyclic) bond motifs is 3. The van der Waals surface area contributed by atoms with Gasteiger partial charge in [0, 0.05) is 12.1 Å². The number of benzene rings is 2. The molecular formula is C25H20N2O4. The predicted octanol–water partition coefficient (Wildman–Crippen LogP) is 3.98. The normalized spacial score (nSPS) is 11.6. The van der Waals surface area contributed by atoms with E-state index in [-0.39, 0.29) is 24.8 Å². The van der Waals surface area contributed by atoms with Crippen LogP contribution in [0.25, 0.3) is 11.1 Å². The Morgan fingerprint density at radius 1 is 1.10 bits per heavy atom. The first-order valence-corrected chi connectivity index (χ1v) is 9.82. The first kappa shape index (κ1) is 20.2. The van der Waals surface area contributed by atoms with Gasteiger partial charge in [-0.1, -0.05) is 60.4 Å². The number of hydrogen-bond acceptors (Lipinski definition) is 4. The van der Waals surface area contributed by atoms with Crippen molar-refractivity contribution < 1.29 is 19.4 Å². The number of aryl methyl sites for hydroxylation is 1. The predicted molar refractivity (Wildman–Crippen MR) is 116 cm³/mol. The Labute approximate surface area is 179 Å². The van der Waals surface area contributed by atoms with Gasteiger partial charge in [-0.3, -0.25) is 0 Å². The Hall–Kier alpha value is -4.11. The molecule has 0 bridgehead atoms. The molecule has 154 valence electrons. The molecule has 0 spiro atoms. The van der Waals surface area contributed by atoms with Gasteiger partial charge in [-0.2, -0.15) is 0 Å². The number of amides is 1. The van der Waals surface area contributed by atoms with Gasteiger partial charge in [-0.05, 0) is 40.8 Å². The second-order valence-electron chi connectivity index (χ2n) is 7.19. The standard InChI is InChI=1S/C25H20N2O4/c1-16-13-17(23(24(28)29)27-14-16)7-6-12-26-25(30)31-15-22-20-10-4-2-8-18(20)19-9-3-5-11-21(19)22/h2-5,8-11,13-14,22H,12,15H2,1H3,(H,26,30)(H,28,29). The van der Waals surface area contributed by atoms with E-state index in [0.29, 0.717) is 5.56 Å². The summed E-state index contributed by atoms with van der Waals surface area (Å²) in [5, 5.41) is 11.8. The topological polar surface area (TPSA) is 88.5 Å². The van der Waals surface area contributed by atoms with E-state index in [4.69, 9.17) is 4.74 Å². The Morgan fingerprint density at radius 3 is 2.39 bits per heavy atom. The number of aromatic nitrogens is 1. The maximum atomic E-state index is 12.2. The fourth-order valence-corrected chi connectivity index (χ4v) is 3.74. The van der Waals surface area contributed by atoms with Crippen molar-refractivity contribution in [1.82, 2.24) is 10.3 Å². The van der Waals surface area contributed by atoms with Crippen LogP contribution in [0.5, 0.6) is 0 Å². The van der Waals surface area contributed by atoms with Gasteiger partial charge in [-0.15, -0.1) is 0 Å². The van der Waals surface area contributed by atoms with Crippen molar-refractivity contribution in [3.8, 4) is 23.0 Å². The van der Waals surface area contributed by atoms with Crippen LogP contribution in [0.3, 0.4) is 0 Å². The fraction of sp³-hybridized carbons (Fsp3) is 0.160. The molecule has 6 heteroatoms. The average Bonchev–Trinajstić information content (AvgIpc) is 3.09. The van der Waals surface area contributed by atoms with Crippen LogP contribution in [0, 0.1) is 18.8 Å². The van der Waals surface area contributed by atoms with Crippen molar-refractivity contribution >= 4 is 12.1 Å². The number of nitrogens with one attached hydrogen (secondary N) is 1. The summed E-state index contributed by atoms with van der Waals surface area (Å²) < 4.78 is 5.45. The van der Waals surface area contributed by atoms with Gasteiger partial charge in [0.1, 0.15) is 6.61 Å². The van der Waals surface area contributed by atoms with Gasteiger partial charge in [0.15, 0.2) is 5.69 Å². The fourth-order valence-electron chi connectivity index (χ4n) is 3.74. The summed E-state index contributed by atoms with van der Waals surface area (Å²) in [5.41, 5.74) is 5.62. The van der Waals surface area contributed by atoms with Crippen molar-refractivity contribution in [2.75, 3.05) is 13.2 Å². The lowest BCUT2D eigenvalue weighted by atomic mass is 9.98. The van der Waals surface area contributed by atoms with Gasteiger partial charge in [0.05, 0.1) is 12.1 Å². The number of carboxylic acid groups (broad SMARTS) is 1. The van der Waals surface area contributed by atoms with Gasteiger partial charge in [0.2, 0.25) is 0 Å². The van der Waals surface area contributed by atoms with Crippen LogP contribution in [0.1, 0.15) is 38.7 Å². The molecular weight excluding hydrogens is 392 g/mol. The number of rotatable bonds is 4. The third kappa shape index (κ3) is 4.26. The lowest BCUT2D eigenvalue weighted by molar-refractivity contribution is 0.0690. The third-order valence-electron chi connectivity index (χ3n) is 5.11. The molecule has 0 aliphatic heterocycles. The van der Waals surface area contributed by atoms with E-state index in [1.54, 1.807) is 13.0 Å². The SMILES string of the molecule is Cc1cnc(C(=O)O)c(C#CCNC(=O)OCC2c3ccccc3-c3ccccc32)c1. The Balaban J connectivity index is 1.37. The number of aromatic carboxylic acids is 1. The zero-order chi connectivity index (χ0) is 21.8. The molecule has 31 heavy (non-hydrogen) atoms. The number of carboxylic acids is 1. The van der Waals surface area contributed by atoms with Crippen LogP contribution < -0.4 is 5.32 Å². The number of ether oxygens (including phenoxy) is 1. The van der Waals surface area contributed by atoms with Gasteiger partial charge in [0.25, 0.3) is 0 Å². The summed E-state index contributed by atoms with van der Waals surface area (Å²) in [6, 6.07) is 17.9. The molecule has 3 aromatic rings. The molecule has 1 amide bonds. The summed E-state index contributed by atoms with van der Waals surface area (Å²) in [6.45, 7) is 2.06. The Bertz CT molecular complexity index is 1180. The molecule has 1 aromatic heterocycles. The zero-order valence-electron chi connectivity index (χ0n) is 16.9. The molecule has 0 saturated carbocycles. The highest BCUT2D eigenvalue weighted by Gasteiger charge is 2.28. The van der Waals surface area contributed by atoms with Crippen LogP contribution in [0.2, 0.25) is 0 Å². The molecule has 0 radical (unpaired) electrons. The zero-order valence-corrected chi connectivity index (χ0v) is 16.9. The van der Waals surface area contributed by atoms with Gasteiger partial charge < -0.3 is 15.2 Å². The summed E-state index contributed by atoms with van der Waals surface area (Å²) in [6.07, 6.45) is 0.904. The number of carbonyl (C=O) groups is 2. The van der Waals surface area contributed by atoms with Crippen LogP contribution in [0.15, 0.2) is 60.8 Å². The van der Waals surface area contributed by atoms with Gasteiger partial charge >= 0.3 is 12.1 Å². The molecule has 6 nitrogen and oxygen atoms in total. The molecule has 0 atom stereocenters. The minimum absolute atomic E-state index is 0.0132. The molecule has 0 fully saturated rings. The number of nitrogens with zero attached hydrogens (tertiary/aromatic N) is 1. The van der Waals surface area contributed by atoms with E-state index in [2.05, 4.69) is 46.4 Å². The minimum Gasteiger partial charge on any atom is -0.476 e. The van der Waals surface area contributed by atoms with Crippen LogP contribution >= 0.6 is 0 Å². The third-order valence-corrected chi connectivity index (χ3v) is 5.11. The highest BCUT2D eigenvalue weighted by Crippen LogP contribution is 2.44. The summed E-state index contributed by atoms with van der Waals surface area (Å²) >= 11 is 0. The molecule has 0 saturated heterocycles. The summed E-state index contributed by atoms with van der Waals surface area (Å²) in [7, 11) is 0. The second-order valence-corrected chi connectivity index (χ2v) is 7.19. The number of hydrogen-bond donors (Lipinski definition) is 2. The largest absolute Gasteiger partial charge is 0.476 e. The van der Waals surface area contributed by atoms with E-state index in [0.717, 1.165) is 16.7 Å². The summed E-state index contributed by atoms with van der Waals surface area (Å²) in [5.74, 6) is 4.34. The maximum absolute atomic E-state index is 12.2. The lowest BCUT2D eigenvalue weighted by Crippen LogP contribution is -2.26. The summed E-state index contributed by atoms with van der Waals surface area (Å²) in [4.78, 5) is 27.3. The van der Waals surface area contributed by atoms with Crippen molar-refractivity contribution in [1.29, 1.82) is 0 Å². The van der Waals surface area contributed by atoms with E-state index in [1.807, 2.05) is 24.3 Å². The first-order valence-electron chi connectivity index (χ1n) is 9.82. The monoisotopic (exact) mass is 412 g/mol. The molecule has 1 heterocycles. The first-order chi connectivity index (χ1) is 15.0. The van der Waals surface area contributed by atoms with Crippen LogP contribution in [-0.4, -0.2) is 35.3 Å². The number of pyridine rings is 1. The Morgan fingerprint density at radius 2 is 1.74 bits per heavy atom. The number of carbonyl (C=O) groups excluding carboxylic acids is 1. The molecule has 2 aromatic carbocycles. The van der Waals surface area contributed by atoms with Crippen molar-refractivity contribution in [2.24, 2.45) is 0 Å². The van der Waals surface area contributed by atoms with E-state index >= 15 is 0 Å². The van der Waals surface area contributed by atoms with Crippen molar-refractivity contribution in [2.45, 2.75) is 12.8 Å². The molecule has 4 rings (SSSR count). The van der Waals surface area contributed by atoms with Crippen molar-refractivity contribution in [3.63, 3.8) is 0 Å². The lowest BCUT2D eigenvalue weighted by Gasteiger charge is -2.14. The number of alkyl carbamates (subject to hydrolysis) is 1. The average molecular weight is 412 g/mol. The van der Waals surface area contributed by atoms with Crippen molar-refractivity contribution in [3.05, 3.63) is 88.7 Å². The highest BCUT2D eigenvalue weighted by atomic mass is 16.5. The molecule has 1 aliphatic rings. The van der Waals surface area contributed by atoms with Crippen LogP contribution in [-0.2, 0) is 4.74 Å². The molecule has 1 aliphatic carbocycles. The Kier molecular flexibility index (Phi) is 5.67. The highest BCUT2D eigenvalue weighted by molar-refractivity contribution is 5.88. The van der Waals surface area contributed by atoms with E-state index < -0.39 is 12.1 Å². The molecule has 2 N–H and O–H groups in total. The van der Waals surface area contributed by atoms with E-state index in [1.165, 1.54) is 17.3 Å². The van der Waals surface area contributed by atoms with Gasteiger partial charge in [-0.25, -0.2) is 14.6 Å². The second kappa shape index (κ2) is 8.72. The minimum atomic E-state index is -1.14. The van der Waals surface area contributed by atoms with Crippen LogP contribution in [0.4, 0.5) is 4.79 Å². The van der Waals surface area contributed by atoms with E-state index in [9.17, 15) is 14.7 Å². The quantitative estimate of drug-likeness (QED) is 0.633. The smallest absolute Gasteiger partial charge is 0.407 e.